The van der Waals surface area contributed by atoms with E-state index in [4.69, 9.17) is 22.1 Å². The van der Waals surface area contributed by atoms with Crippen molar-refractivity contribution >= 4 is 23.1 Å². The summed E-state index contributed by atoms with van der Waals surface area (Å²) in [6, 6.07) is 7.68. The minimum atomic E-state index is 0.206. The third-order valence-electron chi connectivity index (χ3n) is 4.08. The summed E-state index contributed by atoms with van der Waals surface area (Å²) in [5.74, 6) is 1.04. The summed E-state index contributed by atoms with van der Waals surface area (Å²) in [5.41, 5.74) is 7.59. The fourth-order valence-corrected chi connectivity index (χ4v) is 2.98. The first kappa shape index (κ1) is 15.9. The number of aromatic nitrogens is 2. The van der Waals surface area contributed by atoms with Gasteiger partial charge in [-0.25, -0.2) is 4.98 Å². The molecule has 1 fully saturated rings. The maximum absolute atomic E-state index is 6.16. The first-order valence-electron chi connectivity index (χ1n) is 7.98. The van der Waals surface area contributed by atoms with Crippen LogP contribution in [0.2, 0.25) is 5.02 Å². The van der Waals surface area contributed by atoms with Crippen LogP contribution in [0.25, 0.3) is 0 Å². The molecule has 122 valence electrons. The van der Waals surface area contributed by atoms with Gasteiger partial charge in [0.15, 0.2) is 5.82 Å². The molecule has 1 aromatic heterocycles. The van der Waals surface area contributed by atoms with Crippen LogP contribution in [0.4, 0.5) is 11.5 Å². The van der Waals surface area contributed by atoms with E-state index in [9.17, 15) is 0 Å². The molecular weight excluding hydrogens is 312 g/mol. The molecule has 0 saturated heterocycles. The van der Waals surface area contributed by atoms with Crippen LogP contribution in [0.1, 0.15) is 37.7 Å². The number of rotatable bonds is 5. The lowest BCUT2D eigenvalue weighted by atomic mass is 9.98. The smallest absolute Gasteiger partial charge is 0.242 e. The topological polar surface area (TPSA) is 73.1 Å². The number of nitrogen functional groups attached to an aromatic ring is 1. The number of ether oxygens (including phenoxy) is 1. The van der Waals surface area contributed by atoms with Crippen molar-refractivity contribution < 1.29 is 4.74 Å². The van der Waals surface area contributed by atoms with Crippen LogP contribution in [0.15, 0.2) is 30.6 Å². The lowest BCUT2D eigenvalue weighted by molar-refractivity contribution is 0.149. The molecule has 23 heavy (non-hydrogen) atoms. The highest BCUT2D eigenvalue weighted by Gasteiger charge is 2.18. The van der Waals surface area contributed by atoms with E-state index >= 15 is 0 Å². The number of benzene rings is 1. The van der Waals surface area contributed by atoms with E-state index in [-0.39, 0.29) is 6.10 Å². The first-order valence-corrected chi connectivity index (χ1v) is 8.36. The van der Waals surface area contributed by atoms with Crippen molar-refractivity contribution in [3.8, 4) is 5.88 Å². The van der Waals surface area contributed by atoms with Crippen molar-refractivity contribution in [2.24, 2.45) is 0 Å². The molecular formula is C17H21ClN4O. The molecule has 1 aromatic carbocycles. The Hall–Kier alpha value is -2.01. The summed E-state index contributed by atoms with van der Waals surface area (Å²) in [4.78, 5) is 8.39. The van der Waals surface area contributed by atoms with E-state index in [1.165, 1.54) is 25.6 Å². The van der Waals surface area contributed by atoms with Gasteiger partial charge in [-0.1, -0.05) is 36.2 Å². The third kappa shape index (κ3) is 4.05. The number of nitrogens with two attached hydrogens (primary N) is 1. The maximum Gasteiger partial charge on any atom is 0.242 e. The number of nitrogens with zero attached hydrogens (tertiary/aromatic N) is 2. The highest BCUT2D eigenvalue weighted by molar-refractivity contribution is 6.31. The second-order valence-corrected chi connectivity index (χ2v) is 6.17. The molecule has 3 rings (SSSR count). The maximum atomic E-state index is 6.16. The first-order chi connectivity index (χ1) is 11.2. The Morgan fingerprint density at radius 1 is 1.17 bits per heavy atom. The Bertz CT molecular complexity index is 659. The van der Waals surface area contributed by atoms with E-state index in [1.54, 1.807) is 0 Å². The van der Waals surface area contributed by atoms with Gasteiger partial charge >= 0.3 is 0 Å². The van der Waals surface area contributed by atoms with Crippen LogP contribution in [0.5, 0.6) is 5.88 Å². The molecule has 3 N–H and O–H groups in total. The normalized spacial score (nSPS) is 15.3. The summed E-state index contributed by atoms with van der Waals surface area (Å²) in [5, 5.41) is 3.92. The molecule has 1 saturated carbocycles. The standard InChI is InChI=1S/C17H21ClN4O/c18-14-9-5-4-6-12(14)10-20-16-15(19)17(22-11-21-16)23-13-7-2-1-3-8-13/h4-6,9,11,13H,1-3,7-8,10,19H2,(H,20,21,22). The molecule has 0 atom stereocenters. The van der Waals surface area contributed by atoms with Crippen LogP contribution in [-0.2, 0) is 6.54 Å². The van der Waals surface area contributed by atoms with Crippen molar-refractivity contribution in [3.05, 3.63) is 41.2 Å². The second kappa shape index (κ2) is 7.51. The predicted octanol–water partition coefficient (Wildman–Crippen LogP) is 4.04. The van der Waals surface area contributed by atoms with Crippen molar-refractivity contribution in [2.75, 3.05) is 11.1 Å². The summed E-state index contributed by atoms with van der Waals surface area (Å²) >= 11 is 6.16. The minimum Gasteiger partial charge on any atom is -0.473 e. The molecule has 0 unspecified atom stereocenters. The van der Waals surface area contributed by atoms with Crippen molar-refractivity contribution in [3.63, 3.8) is 0 Å². The van der Waals surface area contributed by atoms with Gasteiger partial charge in [-0.15, -0.1) is 0 Å². The molecule has 2 aromatic rings. The number of halogens is 1. The molecule has 1 aliphatic carbocycles. The van der Waals surface area contributed by atoms with Gasteiger partial charge in [-0.05, 0) is 37.3 Å². The molecule has 1 aliphatic rings. The van der Waals surface area contributed by atoms with E-state index in [0.29, 0.717) is 29.0 Å². The minimum absolute atomic E-state index is 0.206. The number of nitrogens with one attached hydrogen (secondary N) is 1. The molecule has 0 aliphatic heterocycles. The third-order valence-corrected chi connectivity index (χ3v) is 4.45. The molecule has 5 nitrogen and oxygen atoms in total. The van der Waals surface area contributed by atoms with Crippen LogP contribution < -0.4 is 15.8 Å². The average molecular weight is 333 g/mol. The van der Waals surface area contributed by atoms with Gasteiger partial charge in [0, 0.05) is 11.6 Å². The predicted molar refractivity (Wildman–Crippen MR) is 92.7 cm³/mol. The van der Waals surface area contributed by atoms with Gasteiger partial charge in [-0.2, -0.15) is 4.98 Å². The van der Waals surface area contributed by atoms with Crippen molar-refractivity contribution in [2.45, 2.75) is 44.8 Å². The Balaban J connectivity index is 1.68. The zero-order valence-corrected chi connectivity index (χ0v) is 13.7. The van der Waals surface area contributed by atoms with Gasteiger partial charge in [0.05, 0.1) is 0 Å². The van der Waals surface area contributed by atoms with Gasteiger partial charge in [-0.3, -0.25) is 0 Å². The Kier molecular flexibility index (Phi) is 5.18. The van der Waals surface area contributed by atoms with E-state index in [0.717, 1.165) is 18.4 Å². The van der Waals surface area contributed by atoms with E-state index in [2.05, 4.69) is 15.3 Å². The lowest BCUT2D eigenvalue weighted by Gasteiger charge is -2.23. The van der Waals surface area contributed by atoms with Crippen LogP contribution in [-0.4, -0.2) is 16.1 Å². The van der Waals surface area contributed by atoms with Gasteiger partial charge in [0.2, 0.25) is 5.88 Å². The number of hydrogen-bond acceptors (Lipinski definition) is 5. The largest absolute Gasteiger partial charge is 0.473 e. The van der Waals surface area contributed by atoms with Gasteiger partial charge < -0.3 is 15.8 Å². The Labute approximate surface area is 141 Å². The van der Waals surface area contributed by atoms with Gasteiger partial charge in [0.25, 0.3) is 0 Å². The zero-order chi connectivity index (χ0) is 16.1. The molecule has 1 heterocycles. The zero-order valence-electron chi connectivity index (χ0n) is 13.0. The Morgan fingerprint density at radius 3 is 2.74 bits per heavy atom. The SMILES string of the molecule is Nc1c(NCc2ccccc2Cl)ncnc1OC1CCCCC1. The summed E-state index contributed by atoms with van der Waals surface area (Å²) in [7, 11) is 0. The lowest BCUT2D eigenvalue weighted by Crippen LogP contribution is -2.21. The summed E-state index contributed by atoms with van der Waals surface area (Å²) in [6.07, 6.45) is 7.49. The summed E-state index contributed by atoms with van der Waals surface area (Å²) in [6.45, 7) is 0.545. The fourth-order valence-electron chi connectivity index (χ4n) is 2.78. The molecule has 0 amide bonds. The quantitative estimate of drug-likeness (QED) is 0.864. The van der Waals surface area contributed by atoms with E-state index in [1.807, 2.05) is 24.3 Å². The average Bonchev–Trinajstić information content (AvgIpc) is 2.58. The van der Waals surface area contributed by atoms with Crippen LogP contribution in [0, 0.1) is 0 Å². The molecule has 6 heteroatoms. The van der Waals surface area contributed by atoms with Crippen LogP contribution in [0.3, 0.4) is 0 Å². The van der Waals surface area contributed by atoms with Crippen molar-refractivity contribution in [1.82, 2.24) is 9.97 Å². The monoisotopic (exact) mass is 332 g/mol. The molecule has 0 bridgehead atoms. The van der Waals surface area contributed by atoms with Crippen LogP contribution >= 0.6 is 11.6 Å². The molecule has 0 radical (unpaired) electrons. The van der Waals surface area contributed by atoms with Gasteiger partial charge in [0.1, 0.15) is 18.1 Å². The molecule has 0 spiro atoms. The number of hydrogen-bond donors (Lipinski definition) is 2. The second-order valence-electron chi connectivity index (χ2n) is 5.76. The Morgan fingerprint density at radius 2 is 1.96 bits per heavy atom. The number of anilines is 2. The fraction of sp³-hybridized carbons (Fsp3) is 0.412. The summed E-state index contributed by atoms with van der Waals surface area (Å²) < 4.78 is 5.96. The highest BCUT2D eigenvalue weighted by atomic mass is 35.5. The highest BCUT2D eigenvalue weighted by Crippen LogP contribution is 2.29. The van der Waals surface area contributed by atoms with E-state index < -0.39 is 0 Å². The van der Waals surface area contributed by atoms with Crippen molar-refractivity contribution in [1.29, 1.82) is 0 Å².